The summed E-state index contributed by atoms with van der Waals surface area (Å²) < 4.78 is 4.77. The molecular weight excluding hydrogens is 234 g/mol. The number of carbonyl (C=O) groups excluding carboxylic acids is 2. The third kappa shape index (κ3) is 3.70. The van der Waals surface area contributed by atoms with Crippen LogP contribution in [0, 0.1) is 0 Å². The van der Waals surface area contributed by atoms with Gasteiger partial charge in [-0.3, -0.25) is 4.79 Å². The van der Waals surface area contributed by atoms with E-state index < -0.39 is 11.9 Å². The van der Waals surface area contributed by atoms with Crippen LogP contribution in [0.4, 0.5) is 0 Å². The first kappa shape index (κ1) is 12.9. The molecule has 1 unspecified atom stereocenters. The highest BCUT2D eigenvalue weighted by atomic mass is 32.2. The van der Waals surface area contributed by atoms with E-state index in [9.17, 15) is 9.59 Å². The summed E-state index contributed by atoms with van der Waals surface area (Å²) in [6.45, 7) is 0.812. The standard InChI is InChI=1S/C9H15NO3S2/c1-15-7(5-14)9(12)13-8(11)6-3-2-4-10-6/h6-7,10,14H,2-5H2,1H3/t6-,7?/m0/s1. The molecule has 1 heterocycles. The molecule has 0 aliphatic carbocycles. The van der Waals surface area contributed by atoms with Crippen LogP contribution in [0.25, 0.3) is 0 Å². The molecule has 1 N–H and O–H groups in total. The topological polar surface area (TPSA) is 55.4 Å². The van der Waals surface area contributed by atoms with Crippen molar-refractivity contribution in [2.24, 2.45) is 0 Å². The highest BCUT2D eigenvalue weighted by molar-refractivity contribution is 8.00. The second kappa shape index (κ2) is 6.40. The fourth-order valence-corrected chi connectivity index (χ4v) is 2.35. The fraction of sp³-hybridized carbons (Fsp3) is 0.778. The zero-order valence-corrected chi connectivity index (χ0v) is 10.3. The molecule has 0 aromatic rings. The van der Waals surface area contributed by atoms with Gasteiger partial charge in [0.15, 0.2) is 0 Å². The van der Waals surface area contributed by atoms with E-state index in [1.54, 1.807) is 6.26 Å². The molecule has 0 saturated carbocycles. The summed E-state index contributed by atoms with van der Waals surface area (Å²) in [7, 11) is 0. The van der Waals surface area contributed by atoms with Crippen molar-refractivity contribution in [3.8, 4) is 0 Å². The molecule has 0 aromatic heterocycles. The van der Waals surface area contributed by atoms with Crippen LogP contribution in [0.3, 0.4) is 0 Å². The summed E-state index contributed by atoms with van der Waals surface area (Å²) in [5.41, 5.74) is 0. The Balaban J connectivity index is 2.39. The fourth-order valence-electron chi connectivity index (χ4n) is 1.37. The maximum absolute atomic E-state index is 11.5. The number of esters is 2. The lowest BCUT2D eigenvalue weighted by atomic mass is 10.2. The van der Waals surface area contributed by atoms with E-state index in [2.05, 4.69) is 17.9 Å². The monoisotopic (exact) mass is 249 g/mol. The van der Waals surface area contributed by atoms with Crippen LogP contribution in [0.1, 0.15) is 12.8 Å². The molecule has 1 aliphatic heterocycles. The number of carbonyl (C=O) groups is 2. The average Bonchev–Trinajstić information content (AvgIpc) is 2.72. The van der Waals surface area contributed by atoms with Gasteiger partial charge >= 0.3 is 11.9 Å². The van der Waals surface area contributed by atoms with Crippen molar-refractivity contribution in [2.45, 2.75) is 24.1 Å². The number of rotatable bonds is 4. The zero-order valence-electron chi connectivity index (χ0n) is 8.56. The van der Waals surface area contributed by atoms with Gasteiger partial charge in [-0.1, -0.05) is 0 Å². The van der Waals surface area contributed by atoms with E-state index in [0.717, 1.165) is 19.4 Å². The van der Waals surface area contributed by atoms with E-state index >= 15 is 0 Å². The number of hydrogen-bond acceptors (Lipinski definition) is 6. The molecule has 86 valence electrons. The van der Waals surface area contributed by atoms with Gasteiger partial charge in [-0.05, 0) is 25.6 Å². The largest absolute Gasteiger partial charge is 0.391 e. The first-order chi connectivity index (χ1) is 7.19. The average molecular weight is 249 g/mol. The number of thioether (sulfide) groups is 1. The van der Waals surface area contributed by atoms with Gasteiger partial charge in [0, 0.05) is 5.75 Å². The van der Waals surface area contributed by atoms with Crippen LogP contribution >= 0.6 is 24.4 Å². The van der Waals surface area contributed by atoms with Crippen molar-refractivity contribution >= 4 is 36.3 Å². The predicted molar refractivity (Wildman–Crippen MR) is 63.3 cm³/mol. The molecule has 0 amide bonds. The van der Waals surface area contributed by atoms with Crippen molar-refractivity contribution < 1.29 is 14.3 Å². The molecule has 0 radical (unpaired) electrons. The Labute approximate surface area is 98.9 Å². The number of ether oxygens (including phenoxy) is 1. The Morgan fingerprint density at radius 2 is 2.40 bits per heavy atom. The predicted octanol–water partition coefficient (Wildman–Crippen LogP) is 0.470. The third-order valence-electron chi connectivity index (χ3n) is 2.26. The van der Waals surface area contributed by atoms with E-state index in [0.29, 0.717) is 5.75 Å². The molecule has 6 heteroatoms. The van der Waals surface area contributed by atoms with Crippen LogP contribution in [0.2, 0.25) is 0 Å². The van der Waals surface area contributed by atoms with Crippen LogP contribution in [-0.4, -0.2) is 41.8 Å². The quantitative estimate of drug-likeness (QED) is 0.431. The first-order valence-electron chi connectivity index (χ1n) is 4.81. The molecule has 0 aromatic carbocycles. The van der Waals surface area contributed by atoms with Crippen LogP contribution < -0.4 is 5.32 Å². The maximum atomic E-state index is 11.5. The second-order valence-corrected chi connectivity index (χ2v) is 4.70. The van der Waals surface area contributed by atoms with Crippen LogP contribution in [-0.2, 0) is 14.3 Å². The molecule has 1 aliphatic rings. The molecule has 1 rings (SSSR count). The van der Waals surface area contributed by atoms with Crippen LogP contribution in [0.15, 0.2) is 0 Å². The van der Waals surface area contributed by atoms with Crippen molar-refractivity contribution in [1.82, 2.24) is 5.32 Å². The van der Waals surface area contributed by atoms with E-state index in [1.165, 1.54) is 11.8 Å². The molecule has 4 nitrogen and oxygen atoms in total. The molecule has 15 heavy (non-hydrogen) atoms. The molecule has 0 spiro atoms. The summed E-state index contributed by atoms with van der Waals surface area (Å²) in [6, 6.07) is -0.309. The SMILES string of the molecule is CSC(CS)C(=O)OC(=O)[C@@H]1CCCN1. The Kier molecular flexibility index (Phi) is 5.49. The molecule has 2 atom stereocenters. The molecule has 1 fully saturated rings. The smallest absolute Gasteiger partial charge is 0.330 e. The van der Waals surface area contributed by atoms with Crippen molar-refractivity contribution in [1.29, 1.82) is 0 Å². The lowest BCUT2D eigenvalue weighted by Gasteiger charge is -2.12. The lowest BCUT2D eigenvalue weighted by molar-refractivity contribution is -0.160. The van der Waals surface area contributed by atoms with Crippen molar-refractivity contribution in [3.63, 3.8) is 0 Å². The second-order valence-electron chi connectivity index (χ2n) is 3.30. The maximum Gasteiger partial charge on any atom is 0.330 e. The molecule has 1 saturated heterocycles. The minimum Gasteiger partial charge on any atom is -0.391 e. The third-order valence-corrected chi connectivity index (χ3v) is 3.80. The first-order valence-corrected chi connectivity index (χ1v) is 6.73. The summed E-state index contributed by atoms with van der Waals surface area (Å²) in [4.78, 5) is 22.9. The summed E-state index contributed by atoms with van der Waals surface area (Å²) >= 11 is 5.36. The van der Waals surface area contributed by atoms with Crippen LogP contribution in [0.5, 0.6) is 0 Å². The van der Waals surface area contributed by atoms with E-state index in [1.807, 2.05) is 0 Å². The highest BCUT2D eigenvalue weighted by Crippen LogP contribution is 2.12. The van der Waals surface area contributed by atoms with Gasteiger partial charge in [0.25, 0.3) is 0 Å². The number of thiol groups is 1. The van der Waals surface area contributed by atoms with Gasteiger partial charge < -0.3 is 10.1 Å². The van der Waals surface area contributed by atoms with Gasteiger partial charge in [0.05, 0.1) is 0 Å². The Morgan fingerprint density at radius 3 is 2.87 bits per heavy atom. The Morgan fingerprint density at radius 1 is 1.67 bits per heavy atom. The van der Waals surface area contributed by atoms with E-state index in [-0.39, 0.29) is 11.3 Å². The zero-order chi connectivity index (χ0) is 11.3. The molecular formula is C9H15NO3S2. The Hall–Kier alpha value is -0.200. The lowest BCUT2D eigenvalue weighted by Crippen LogP contribution is -2.36. The minimum absolute atomic E-state index is 0.309. The minimum atomic E-state index is -0.490. The highest BCUT2D eigenvalue weighted by Gasteiger charge is 2.28. The summed E-state index contributed by atoms with van der Waals surface area (Å²) in [6.07, 6.45) is 3.49. The van der Waals surface area contributed by atoms with Gasteiger partial charge in [-0.15, -0.1) is 11.8 Å². The van der Waals surface area contributed by atoms with Gasteiger partial charge in [-0.2, -0.15) is 12.6 Å². The van der Waals surface area contributed by atoms with Crippen molar-refractivity contribution in [2.75, 3.05) is 18.6 Å². The normalized spacial score (nSPS) is 22.4. The van der Waals surface area contributed by atoms with Gasteiger partial charge in [0.1, 0.15) is 11.3 Å². The number of hydrogen-bond donors (Lipinski definition) is 2. The Bertz CT molecular complexity index is 226. The molecule has 0 bridgehead atoms. The summed E-state index contributed by atoms with van der Waals surface area (Å²) in [5, 5.41) is 2.62. The van der Waals surface area contributed by atoms with E-state index in [4.69, 9.17) is 4.74 Å². The van der Waals surface area contributed by atoms with Gasteiger partial charge in [0.2, 0.25) is 0 Å². The number of nitrogens with one attached hydrogen (secondary N) is 1. The van der Waals surface area contributed by atoms with Crippen molar-refractivity contribution in [3.05, 3.63) is 0 Å². The van der Waals surface area contributed by atoms with Gasteiger partial charge in [-0.25, -0.2) is 4.79 Å². The summed E-state index contributed by atoms with van der Waals surface area (Å²) in [5.74, 6) is -0.569.